The molecule has 0 spiro atoms. The molecule has 1 aromatic rings. The summed E-state index contributed by atoms with van der Waals surface area (Å²) in [5, 5.41) is 13.7. The van der Waals surface area contributed by atoms with Crippen molar-refractivity contribution >= 4 is 23.2 Å². The number of anilines is 2. The number of carbonyl (C=O) groups excluding carboxylic acids is 2. The van der Waals surface area contributed by atoms with Crippen molar-refractivity contribution in [3.05, 3.63) is 24.3 Å². The quantitative estimate of drug-likeness (QED) is 0.647. The van der Waals surface area contributed by atoms with Gasteiger partial charge in [-0.15, -0.1) is 0 Å². The second-order valence-corrected chi connectivity index (χ2v) is 3.59. The number of nitrogens with one attached hydrogen (secondary N) is 2. The molecule has 0 aliphatic carbocycles. The van der Waals surface area contributed by atoms with Gasteiger partial charge < -0.3 is 20.5 Å². The number of aliphatic hydroxyl groups excluding tert-OH is 1. The second-order valence-electron chi connectivity index (χ2n) is 3.59. The first-order valence-corrected chi connectivity index (χ1v) is 5.48. The maximum Gasteiger partial charge on any atom is 0.250 e. The van der Waals surface area contributed by atoms with Crippen LogP contribution < -0.4 is 10.6 Å². The molecule has 0 fully saturated rings. The number of ether oxygens (including phenoxy) is 1. The summed E-state index contributed by atoms with van der Waals surface area (Å²) in [4.78, 5) is 22.3. The Morgan fingerprint density at radius 2 is 1.94 bits per heavy atom. The van der Waals surface area contributed by atoms with Gasteiger partial charge in [-0.2, -0.15) is 0 Å². The molecule has 0 radical (unpaired) electrons. The van der Waals surface area contributed by atoms with E-state index in [4.69, 9.17) is 9.84 Å². The summed E-state index contributed by atoms with van der Waals surface area (Å²) in [5.41, 5.74) is 1.18. The topological polar surface area (TPSA) is 87.7 Å². The summed E-state index contributed by atoms with van der Waals surface area (Å²) >= 11 is 0. The Bertz CT molecular complexity index is 420. The van der Waals surface area contributed by atoms with Crippen molar-refractivity contribution in [2.75, 3.05) is 30.5 Å². The first-order valence-electron chi connectivity index (χ1n) is 5.48. The minimum atomic E-state index is -0.316. The van der Waals surface area contributed by atoms with E-state index in [-0.39, 0.29) is 31.6 Å². The van der Waals surface area contributed by atoms with Gasteiger partial charge in [-0.25, -0.2) is 0 Å². The Hall–Kier alpha value is -1.92. The Balaban J connectivity index is 2.51. The van der Waals surface area contributed by atoms with Crippen molar-refractivity contribution in [1.29, 1.82) is 0 Å². The maximum absolute atomic E-state index is 11.4. The molecule has 0 saturated carbocycles. The number of carbonyl (C=O) groups is 2. The first kappa shape index (κ1) is 14.1. The van der Waals surface area contributed by atoms with Crippen LogP contribution in [0.15, 0.2) is 24.3 Å². The lowest BCUT2D eigenvalue weighted by Crippen LogP contribution is -2.19. The van der Waals surface area contributed by atoms with Crippen molar-refractivity contribution in [2.24, 2.45) is 0 Å². The third-order valence-electron chi connectivity index (χ3n) is 1.94. The number of amides is 2. The SMILES string of the molecule is CC(=O)Nc1cccc(NC(=O)COCCO)c1. The molecule has 0 aliphatic heterocycles. The smallest absolute Gasteiger partial charge is 0.250 e. The zero-order valence-electron chi connectivity index (χ0n) is 10.1. The number of benzene rings is 1. The van der Waals surface area contributed by atoms with Gasteiger partial charge in [0, 0.05) is 18.3 Å². The molecule has 0 bridgehead atoms. The van der Waals surface area contributed by atoms with Crippen molar-refractivity contribution < 1.29 is 19.4 Å². The van der Waals surface area contributed by atoms with Crippen LogP contribution in [-0.4, -0.2) is 36.7 Å². The molecule has 98 valence electrons. The van der Waals surface area contributed by atoms with E-state index in [0.29, 0.717) is 11.4 Å². The Morgan fingerprint density at radius 1 is 1.28 bits per heavy atom. The average molecular weight is 252 g/mol. The van der Waals surface area contributed by atoms with Crippen LogP contribution in [0, 0.1) is 0 Å². The lowest BCUT2D eigenvalue weighted by atomic mass is 10.2. The van der Waals surface area contributed by atoms with E-state index in [0.717, 1.165) is 0 Å². The summed E-state index contributed by atoms with van der Waals surface area (Å²) in [7, 11) is 0. The number of hydrogen-bond acceptors (Lipinski definition) is 4. The second kappa shape index (κ2) is 7.41. The largest absolute Gasteiger partial charge is 0.394 e. The molecule has 3 N–H and O–H groups in total. The van der Waals surface area contributed by atoms with Crippen LogP contribution in [0.5, 0.6) is 0 Å². The molecule has 0 aromatic heterocycles. The van der Waals surface area contributed by atoms with Gasteiger partial charge in [0.15, 0.2) is 0 Å². The van der Waals surface area contributed by atoms with Gasteiger partial charge in [-0.05, 0) is 18.2 Å². The molecule has 18 heavy (non-hydrogen) atoms. The van der Waals surface area contributed by atoms with Gasteiger partial charge in [0.25, 0.3) is 0 Å². The van der Waals surface area contributed by atoms with E-state index >= 15 is 0 Å². The molecule has 6 nitrogen and oxygen atoms in total. The summed E-state index contributed by atoms with van der Waals surface area (Å²) in [6, 6.07) is 6.79. The maximum atomic E-state index is 11.4. The zero-order valence-corrected chi connectivity index (χ0v) is 10.1. The van der Waals surface area contributed by atoms with Gasteiger partial charge in [0.05, 0.1) is 13.2 Å². The van der Waals surface area contributed by atoms with Gasteiger partial charge in [0.1, 0.15) is 6.61 Å². The normalized spacial score (nSPS) is 9.89. The zero-order chi connectivity index (χ0) is 13.4. The van der Waals surface area contributed by atoms with Crippen LogP contribution in [-0.2, 0) is 14.3 Å². The highest BCUT2D eigenvalue weighted by molar-refractivity contribution is 5.93. The molecule has 2 amide bonds. The molecule has 6 heteroatoms. The molecule has 0 atom stereocenters. The summed E-state index contributed by atoms with van der Waals surface area (Å²) in [6.45, 7) is 1.30. The number of rotatable bonds is 6. The van der Waals surface area contributed by atoms with Crippen LogP contribution in [0.1, 0.15) is 6.92 Å². The molecule has 1 aromatic carbocycles. The lowest BCUT2D eigenvalue weighted by molar-refractivity contribution is -0.120. The number of hydrogen-bond donors (Lipinski definition) is 3. The minimum Gasteiger partial charge on any atom is -0.394 e. The highest BCUT2D eigenvalue weighted by Gasteiger charge is 2.03. The summed E-state index contributed by atoms with van der Waals surface area (Å²) in [6.07, 6.45) is 0. The van der Waals surface area contributed by atoms with Gasteiger partial charge in [0.2, 0.25) is 11.8 Å². The van der Waals surface area contributed by atoms with Crippen molar-refractivity contribution in [3.63, 3.8) is 0 Å². The van der Waals surface area contributed by atoms with Crippen LogP contribution in [0.3, 0.4) is 0 Å². The van der Waals surface area contributed by atoms with E-state index in [1.54, 1.807) is 24.3 Å². The van der Waals surface area contributed by atoms with Gasteiger partial charge in [-0.3, -0.25) is 9.59 Å². The fraction of sp³-hybridized carbons (Fsp3) is 0.333. The highest BCUT2D eigenvalue weighted by Crippen LogP contribution is 2.14. The van der Waals surface area contributed by atoms with Crippen molar-refractivity contribution in [2.45, 2.75) is 6.92 Å². The van der Waals surface area contributed by atoms with Crippen LogP contribution in [0.4, 0.5) is 11.4 Å². The van der Waals surface area contributed by atoms with Gasteiger partial charge in [-0.1, -0.05) is 6.07 Å². The average Bonchev–Trinajstić information content (AvgIpc) is 2.28. The third-order valence-corrected chi connectivity index (χ3v) is 1.94. The fourth-order valence-corrected chi connectivity index (χ4v) is 1.30. The van der Waals surface area contributed by atoms with Crippen molar-refractivity contribution in [1.82, 2.24) is 0 Å². The Kier molecular flexibility index (Phi) is 5.83. The Labute approximate surface area is 105 Å². The third kappa shape index (κ3) is 5.42. The van der Waals surface area contributed by atoms with Crippen LogP contribution in [0.2, 0.25) is 0 Å². The lowest BCUT2D eigenvalue weighted by Gasteiger charge is -2.07. The predicted octanol–water partition coefficient (Wildman–Crippen LogP) is 0.592. The molecular formula is C12H16N2O4. The van der Waals surface area contributed by atoms with E-state index in [2.05, 4.69) is 10.6 Å². The summed E-state index contributed by atoms with van der Waals surface area (Å²) in [5.74, 6) is -0.492. The van der Waals surface area contributed by atoms with Gasteiger partial charge >= 0.3 is 0 Å². The van der Waals surface area contributed by atoms with E-state index in [9.17, 15) is 9.59 Å². The molecule has 0 unspecified atom stereocenters. The highest BCUT2D eigenvalue weighted by atomic mass is 16.5. The Morgan fingerprint density at radius 3 is 2.56 bits per heavy atom. The monoisotopic (exact) mass is 252 g/mol. The standard InChI is InChI=1S/C12H16N2O4/c1-9(16)13-10-3-2-4-11(7-10)14-12(17)8-18-6-5-15/h2-4,7,15H,5-6,8H2,1H3,(H,13,16)(H,14,17). The molecule has 1 rings (SSSR count). The van der Waals surface area contributed by atoms with Crippen molar-refractivity contribution in [3.8, 4) is 0 Å². The van der Waals surface area contributed by atoms with Crippen LogP contribution >= 0.6 is 0 Å². The molecule has 0 aliphatic rings. The van der Waals surface area contributed by atoms with E-state index in [1.165, 1.54) is 6.92 Å². The van der Waals surface area contributed by atoms with E-state index in [1.807, 2.05) is 0 Å². The first-order chi connectivity index (χ1) is 8.61. The minimum absolute atomic E-state index is 0.120. The summed E-state index contributed by atoms with van der Waals surface area (Å²) < 4.78 is 4.88. The molecular weight excluding hydrogens is 236 g/mol. The fourth-order valence-electron chi connectivity index (χ4n) is 1.30. The predicted molar refractivity (Wildman–Crippen MR) is 67.3 cm³/mol. The van der Waals surface area contributed by atoms with E-state index < -0.39 is 0 Å². The van der Waals surface area contributed by atoms with Crippen LogP contribution in [0.25, 0.3) is 0 Å². The molecule has 0 heterocycles. The molecule has 0 saturated heterocycles. The number of aliphatic hydroxyl groups is 1.